The molecule has 0 saturated carbocycles. The van der Waals surface area contributed by atoms with E-state index < -0.39 is 17.7 Å². The van der Waals surface area contributed by atoms with E-state index in [1.165, 1.54) is 19.1 Å². The zero-order valence-electron chi connectivity index (χ0n) is 16.9. The molecule has 0 fully saturated rings. The molecule has 6 heteroatoms. The number of nitrogens with zero attached hydrogens (tertiary/aromatic N) is 2. The predicted octanol–water partition coefficient (Wildman–Crippen LogP) is 5.74. The molecular weight excluding hydrogens is 384 g/mol. The second-order valence-corrected chi connectivity index (χ2v) is 7.37. The van der Waals surface area contributed by atoms with Gasteiger partial charge in [0.2, 0.25) is 0 Å². The van der Waals surface area contributed by atoms with E-state index in [1.807, 2.05) is 38.1 Å². The lowest BCUT2D eigenvalue weighted by Gasteiger charge is -2.23. The van der Waals surface area contributed by atoms with Gasteiger partial charge >= 0.3 is 0 Å². The number of benzene rings is 2. The second-order valence-electron chi connectivity index (χ2n) is 7.37. The molecular formula is C24H21F2N3O. The number of hydrogen-bond donors (Lipinski definition) is 2. The van der Waals surface area contributed by atoms with Crippen molar-refractivity contribution in [1.29, 1.82) is 0 Å². The number of pyridine rings is 2. The van der Waals surface area contributed by atoms with Gasteiger partial charge in [-0.05, 0) is 44.5 Å². The summed E-state index contributed by atoms with van der Waals surface area (Å²) in [5.74, 6) is -1.47. The van der Waals surface area contributed by atoms with Crippen molar-refractivity contribution in [3.63, 3.8) is 0 Å². The van der Waals surface area contributed by atoms with Crippen LogP contribution in [-0.4, -0.2) is 15.1 Å². The number of phenolic OH excluding ortho intramolecular Hbond substituents is 1. The van der Waals surface area contributed by atoms with Crippen molar-refractivity contribution in [3.8, 4) is 5.75 Å². The van der Waals surface area contributed by atoms with Crippen LogP contribution >= 0.6 is 0 Å². The predicted molar refractivity (Wildman–Crippen MR) is 114 cm³/mol. The normalized spacial score (nSPS) is 12.2. The van der Waals surface area contributed by atoms with E-state index in [0.717, 1.165) is 16.8 Å². The summed E-state index contributed by atoms with van der Waals surface area (Å²) < 4.78 is 29.3. The molecule has 1 atom stereocenters. The van der Waals surface area contributed by atoms with E-state index in [1.54, 1.807) is 18.2 Å². The van der Waals surface area contributed by atoms with Crippen molar-refractivity contribution in [1.82, 2.24) is 9.97 Å². The maximum Gasteiger partial charge on any atom is 0.164 e. The lowest BCUT2D eigenvalue weighted by Crippen LogP contribution is -2.16. The van der Waals surface area contributed by atoms with Crippen LogP contribution in [0.4, 0.5) is 14.6 Å². The minimum Gasteiger partial charge on any atom is -0.505 e. The minimum absolute atomic E-state index is 0.0729. The number of rotatable bonds is 4. The molecule has 4 nitrogen and oxygen atoms in total. The SMILES string of the molecule is Cc1cccc(NC(c2ccc(C)c(F)c2F)c2ccc3ccc(C)nc3c2O)n1. The van der Waals surface area contributed by atoms with E-state index in [9.17, 15) is 13.9 Å². The van der Waals surface area contributed by atoms with Gasteiger partial charge in [0.05, 0.1) is 6.04 Å². The highest BCUT2D eigenvalue weighted by Gasteiger charge is 2.25. The standard InChI is InChI=1S/C24H21F2N3O/c1-13-7-11-17(21(26)20(13)25)23(29-19-6-4-5-14(2)27-19)18-12-10-16-9-8-15(3)28-22(16)24(18)30/h4-12,23,30H,1-3H3,(H,27,29). The second kappa shape index (κ2) is 7.71. The van der Waals surface area contributed by atoms with Crippen LogP contribution in [0.5, 0.6) is 5.75 Å². The van der Waals surface area contributed by atoms with E-state index in [2.05, 4.69) is 15.3 Å². The fourth-order valence-electron chi connectivity index (χ4n) is 3.50. The maximum absolute atomic E-state index is 15.0. The Morgan fingerprint density at radius 3 is 2.27 bits per heavy atom. The molecule has 0 radical (unpaired) electrons. The number of aromatic hydroxyl groups is 1. The van der Waals surface area contributed by atoms with Gasteiger partial charge in [-0.1, -0.05) is 36.4 Å². The zero-order chi connectivity index (χ0) is 21.4. The molecule has 1 unspecified atom stereocenters. The van der Waals surface area contributed by atoms with Crippen LogP contribution in [0.2, 0.25) is 0 Å². The lowest BCUT2D eigenvalue weighted by molar-refractivity contribution is 0.467. The van der Waals surface area contributed by atoms with Crippen molar-refractivity contribution in [2.45, 2.75) is 26.8 Å². The van der Waals surface area contributed by atoms with Gasteiger partial charge in [0.1, 0.15) is 17.1 Å². The van der Waals surface area contributed by atoms with Crippen LogP contribution in [-0.2, 0) is 0 Å². The molecule has 2 aromatic heterocycles. The molecule has 0 spiro atoms. The van der Waals surface area contributed by atoms with E-state index in [4.69, 9.17) is 0 Å². The third kappa shape index (κ3) is 3.56. The monoisotopic (exact) mass is 405 g/mol. The van der Waals surface area contributed by atoms with Crippen molar-refractivity contribution >= 4 is 16.7 Å². The topological polar surface area (TPSA) is 58.0 Å². The maximum atomic E-state index is 15.0. The number of phenols is 1. The van der Waals surface area contributed by atoms with Crippen molar-refractivity contribution in [2.75, 3.05) is 5.32 Å². The Kier molecular flexibility index (Phi) is 5.08. The van der Waals surface area contributed by atoms with Gasteiger partial charge in [-0.3, -0.25) is 0 Å². The van der Waals surface area contributed by atoms with Gasteiger partial charge in [-0.15, -0.1) is 0 Å². The summed E-state index contributed by atoms with van der Waals surface area (Å²) >= 11 is 0. The summed E-state index contributed by atoms with van der Waals surface area (Å²) in [5, 5.41) is 14.9. The quantitative estimate of drug-likeness (QED) is 0.455. The molecule has 0 saturated heterocycles. The molecule has 4 rings (SSSR count). The van der Waals surface area contributed by atoms with Crippen LogP contribution in [0.1, 0.15) is 34.1 Å². The molecule has 0 aliphatic heterocycles. The Bertz CT molecular complexity index is 1260. The Labute approximate surface area is 173 Å². The number of fused-ring (bicyclic) bond motifs is 1. The van der Waals surface area contributed by atoms with E-state index in [0.29, 0.717) is 16.9 Å². The Morgan fingerprint density at radius 2 is 1.50 bits per heavy atom. The first-order chi connectivity index (χ1) is 14.3. The summed E-state index contributed by atoms with van der Waals surface area (Å²) in [7, 11) is 0. The van der Waals surface area contributed by atoms with Gasteiger partial charge < -0.3 is 10.4 Å². The number of aromatic nitrogens is 2. The third-order valence-corrected chi connectivity index (χ3v) is 5.11. The lowest BCUT2D eigenvalue weighted by atomic mass is 9.94. The smallest absolute Gasteiger partial charge is 0.164 e. The Hall–Kier alpha value is -3.54. The molecule has 152 valence electrons. The summed E-state index contributed by atoms with van der Waals surface area (Å²) in [6, 6.07) is 14.8. The van der Waals surface area contributed by atoms with Crippen molar-refractivity contribution in [2.24, 2.45) is 0 Å². The van der Waals surface area contributed by atoms with Crippen LogP contribution in [0.25, 0.3) is 10.9 Å². The average Bonchev–Trinajstić information content (AvgIpc) is 2.72. The van der Waals surface area contributed by atoms with Crippen LogP contribution in [0.15, 0.2) is 54.6 Å². The molecule has 30 heavy (non-hydrogen) atoms. The number of anilines is 1. The molecule has 0 amide bonds. The number of aryl methyl sites for hydroxylation is 3. The number of nitrogens with one attached hydrogen (secondary N) is 1. The highest BCUT2D eigenvalue weighted by Crippen LogP contribution is 2.38. The third-order valence-electron chi connectivity index (χ3n) is 5.11. The van der Waals surface area contributed by atoms with E-state index >= 15 is 0 Å². The summed E-state index contributed by atoms with van der Waals surface area (Å²) in [6.45, 7) is 5.17. The van der Waals surface area contributed by atoms with Crippen LogP contribution < -0.4 is 5.32 Å². The molecule has 2 heterocycles. The van der Waals surface area contributed by atoms with Gasteiger partial charge in [0.25, 0.3) is 0 Å². The first-order valence-corrected chi connectivity index (χ1v) is 9.59. The van der Waals surface area contributed by atoms with E-state index in [-0.39, 0.29) is 16.9 Å². The highest BCUT2D eigenvalue weighted by atomic mass is 19.2. The van der Waals surface area contributed by atoms with Gasteiger partial charge in [0, 0.05) is 27.9 Å². The van der Waals surface area contributed by atoms with Gasteiger partial charge in [0.15, 0.2) is 11.6 Å². The largest absolute Gasteiger partial charge is 0.505 e. The number of hydrogen-bond acceptors (Lipinski definition) is 4. The summed E-state index contributed by atoms with van der Waals surface area (Å²) in [6.07, 6.45) is 0. The minimum atomic E-state index is -0.961. The molecule has 2 aromatic carbocycles. The van der Waals surface area contributed by atoms with Gasteiger partial charge in [-0.2, -0.15) is 0 Å². The Balaban J connectivity index is 1.93. The zero-order valence-corrected chi connectivity index (χ0v) is 16.9. The average molecular weight is 405 g/mol. The molecule has 0 aliphatic rings. The molecule has 4 aromatic rings. The first kappa shape index (κ1) is 19.8. The first-order valence-electron chi connectivity index (χ1n) is 9.59. The molecule has 2 N–H and O–H groups in total. The van der Waals surface area contributed by atoms with Crippen LogP contribution in [0.3, 0.4) is 0 Å². The molecule has 0 bridgehead atoms. The van der Waals surface area contributed by atoms with Gasteiger partial charge in [-0.25, -0.2) is 18.7 Å². The summed E-state index contributed by atoms with van der Waals surface area (Å²) in [5.41, 5.74) is 2.59. The number of halogens is 2. The highest BCUT2D eigenvalue weighted by molar-refractivity contribution is 5.86. The molecule has 0 aliphatic carbocycles. The fraction of sp³-hybridized carbons (Fsp3) is 0.167. The van der Waals surface area contributed by atoms with Crippen molar-refractivity contribution in [3.05, 3.63) is 94.3 Å². The Morgan fingerprint density at radius 1 is 0.800 bits per heavy atom. The summed E-state index contributed by atoms with van der Waals surface area (Å²) in [4.78, 5) is 8.84. The van der Waals surface area contributed by atoms with Crippen LogP contribution in [0, 0.1) is 32.4 Å². The fourth-order valence-corrected chi connectivity index (χ4v) is 3.50. The van der Waals surface area contributed by atoms with Crippen molar-refractivity contribution < 1.29 is 13.9 Å².